The van der Waals surface area contributed by atoms with Crippen molar-refractivity contribution in [2.45, 2.75) is 45.1 Å². The third-order valence-electron chi connectivity index (χ3n) is 4.26. The summed E-state index contributed by atoms with van der Waals surface area (Å²) >= 11 is 0. The van der Waals surface area contributed by atoms with E-state index in [0.717, 1.165) is 18.8 Å². The second-order valence-electron chi connectivity index (χ2n) is 5.98. The predicted molar refractivity (Wildman–Crippen MR) is 78.3 cm³/mol. The van der Waals surface area contributed by atoms with Crippen molar-refractivity contribution >= 4 is 11.9 Å². The van der Waals surface area contributed by atoms with Gasteiger partial charge in [-0.25, -0.2) is 0 Å². The first-order valence-corrected chi connectivity index (χ1v) is 7.45. The van der Waals surface area contributed by atoms with E-state index in [9.17, 15) is 9.59 Å². The number of hydrogen-bond acceptors (Lipinski definition) is 4. The number of carbonyl (C=O) groups is 2. The van der Waals surface area contributed by atoms with Crippen LogP contribution in [0.2, 0.25) is 0 Å². The van der Waals surface area contributed by atoms with E-state index in [1.54, 1.807) is 0 Å². The van der Waals surface area contributed by atoms with Gasteiger partial charge in [0.25, 0.3) is 0 Å². The van der Waals surface area contributed by atoms with Gasteiger partial charge in [0.1, 0.15) is 0 Å². The number of hydrogen-bond donors (Lipinski definition) is 0. The summed E-state index contributed by atoms with van der Waals surface area (Å²) in [5.41, 5.74) is 0. The van der Waals surface area contributed by atoms with E-state index in [-0.39, 0.29) is 11.9 Å². The Labute approximate surface area is 122 Å². The number of ether oxygens (including phenoxy) is 1. The molecule has 0 aromatic heterocycles. The van der Waals surface area contributed by atoms with Gasteiger partial charge in [0, 0.05) is 19.6 Å². The van der Waals surface area contributed by atoms with Crippen LogP contribution in [0, 0.1) is 5.92 Å². The van der Waals surface area contributed by atoms with Gasteiger partial charge < -0.3 is 9.64 Å². The smallest absolute Gasteiger partial charge is 0.306 e. The number of carbonyl (C=O) groups excluding carboxylic acids is 2. The van der Waals surface area contributed by atoms with E-state index in [1.165, 1.54) is 20.0 Å². The molecule has 1 fully saturated rings. The molecule has 0 heterocycles. The fraction of sp³-hybridized carbons (Fsp3) is 0.867. The molecule has 0 spiro atoms. The Bertz CT molecular complexity index is 325. The molecule has 0 atom stereocenters. The monoisotopic (exact) mass is 284 g/mol. The highest BCUT2D eigenvalue weighted by Gasteiger charge is 2.25. The minimum atomic E-state index is -0.237. The fourth-order valence-corrected chi connectivity index (χ4v) is 2.64. The van der Waals surface area contributed by atoms with Crippen LogP contribution in [0.25, 0.3) is 0 Å². The van der Waals surface area contributed by atoms with E-state index >= 15 is 0 Å². The van der Waals surface area contributed by atoms with Crippen LogP contribution in [-0.4, -0.2) is 62.0 Å². The third-order valence-corrected chi connectivity index (χ3v) is 4.26. The van der Waals surface area contributed by atoms with E-state index in [2.05, 4.69) is 11.7 Å². The molecular weight excluding hydrogens is 256 g/mol. The Morgan fingerprint density at radius 1 is 1.15 bits per heavy atom. The topological polar surface area (TPSA) is 49.9 Å². The van der Waals surface area contributed by atoms with Crippen LogP contribution in [0.15, 0.2) is 0 Å². The van der Waals surface area contributed by atoms with Crippen molar-refractivity contribution in [3.05, 3.63) is 0 Å². The van der Waals surface area contributed by atoms with Gasteiger partial charge in [0.15, 0.2) is 0 Å². The van der Waals surface area contributed by atoms with Crippen molar-refractivity contribution in [1.29, 1.82) is 0 Å². The molecule has 0 unspecified atom stereocenters. The maximum atomic E-state index is 12.2. The Morgan fingerprint density at radius 2 is 1.75 bits per heavy atom. The van der Waals surface area contributed by atoms with Gasteiger partial charge in [-0.2, -0.15) is 0 Å². The van der Waals surface area contributed by atoms with Crippen LogP contribution in [0.3, 0.4) is 0 Å². The summed E-state index contributed by atoms with van der Waals surface area (Å²) < 4.78 is 4.60. The summed E-state index contributed by atoms with van der Waals surface area (Å²) in [6, 6.07) is 0.382. The number of methoxy groups -OCH3 is 1. The highest BCUT2D eigenvalue weighted by molar-refractivity contribution is 5.78. The largest absolute Gasteiger partial charge is 0.469 e. The van der Waals surface area contributed by atoms with Crippen LogP contribution in [0.5, 0.6) is 0 Å². The lowest BCUT2D eigenvalue weighted by Gasteiger charge is -2.34. The van der Waals surface area contributed by atoms with Crippen molar-refractivity contribution < 1.29 is 14.3 Å². The van der Waals surface area contributed by atoms with Gasteiger partial charge in [-0.05, 0) is 38.6 Å². The van der Waals surface area contributed by atoms with E-state index in [0.29, 0.717) is 25.6 Å². The minimum Gasteiger partial charge on any atom is -0.469 e. The fourth-order valence-electron chi connectivity index (χ4n) is 2.64. The van der Waals surface area contributed by atoms with Crippen molar-refractivity contribution in [3.63, 3.8) is 0 Å². The first-order chi connectivity index (χ1) is 9.43. The molecule has 5 nitrogen and oxygen atoms in total. The van der Waals surface area contributed by atoms with Gasteiger partial charge in [0.05, 0.1) is 20.1 Å². The molecule has 20 heavy (non-hydrogen) atoms. The molecular formula is C15H28N2O3. The average molecular weight is 284 g/mol. The second-order valence-corrected chi connectivity index (χ2v) is 5.98. The summed E-state index contributed by atoms with van der Waals surface area (Å²) in [7, 11) is 5.14. The zero-order chi connectivity index (χ0) is 15.1. The second kappa shape index (κ2) is 8.25. The summed E-state index contributed by atoms with van der Waals surface area (Å²) in [5.74, 6) is 0.688. The summed E-state index contributed by atoms with van der Waals surface area (Å²) in [5, 5.41) is 0. The molecule has 0 saturated heterocycles. The number of amides is 1. The normalized spacial score (nSPS) is 22.6. The van der Waals surface area contributed by atoms with Gasteiger partial charge in [-0.15, -0.1) is 0 Å². The lowest BCUT2D eigenvalue weighted by Crippen LogP contribution is -2.44. The van der Waals surface area contributed by atoms with Gasteiger partial charge in [-0.3, -0.25) is 14.5 Å². The van der Waals surface area contributed by atoms with Crippen LogP contribution in [0.4, 0.5) is 0 Å². The Morgan fingerprint density at radius 3 is 2.30 bits per heavy atom. The zero-order valence-electron chi connectivity index (χ0n) is 13.2. The molecule has 1 rings (SSSR count). The van der Waals surface area contributed by atoms with Crippen LogP contribution >= 0.6 is 0 Å². The molecule has 0 aromatic carbocycles. The molecule has 1 amide bonds. The Hall–Kier alpha value is -1.10. The number of rotatable bonds is 6. The molecule has 0 bridgehead atoms. The first-order valence-electron chi connectivity index (χ1n) is 7.45. The zero-order valence-corrected chi connectivity index (χ0v) is 13.2. The molecule has 0 aromatic rings. The van der Waals surface area contributed by atoms with Gasteiger partial charge in [-0.1, -0.05) is 6.92 Å². The first kappa shape index (κ1) is 17.0. The lowest BCUT2D eigenvalue weighted by molar-refractivity contribution is -0.141. The number of nitrogens with zero attached hydrogens (tertiary/aromatic N) is 2. The number of likely N-dealkylation sites (N-methyl/N-ethyl adjacent to an activating group) is 2. The van der Waals surface area contributed by atoms with Gasteiger partial charge in [0.2, 0.25) is 5.91 Å². The predicted octanol–water partition coefficient (Wildman–Crippen LogP) is 1.52. The molecule has 116 valence electrons. The van der Waals surface area contributed by atoms with Crippen LogP contribution < -0.4 is 0 Å². The average Bonchev–Trinajstić information content (AvgIpc) is 2.44. The molecule has 5 heteroatoms. The summed E-state index contributed by atoms with van der Waals surface area (Å²) in [6.07, 6.45) is 4.95. The Kier molecular flexibility index (Phi) is 6.99. The van der Waals surface area contributed by atoms with Crippen molar-refractivity contribution in [2.24, 2.45) is 5.92 Å². The molecule has 0 radical (unpaired) electrons. The quantitative estimate of drug-likeness (QED) is 0.694. The highest BCUT2D eigenvalue weighted by atomic mass is 16.5. The molecule has 0 aliphatic heterocycles. The SMILES string of the molecule is COC(=O)CCN(C)CC(=O)N(C)C1CCC(C)CC1. The molecule has 0 N–H and O–H groups in total. The van der Waals surface area contributed by atoms with Crippen LogP contribution in [-0.2, 0) is 14.3 Å². The Balaban J connectivity index is 2.31. The van der Waals surface area contributed by atoms with Crippen LogP contribution in [0.1, 0.15) is 39.0 Å². The summed E-state index contributed by atoms with van der Waals surface area (Å²) in [6.45, 7) is 3.19. The maximum absolute atomic E-state index is 12.2. The third kappa shape index (κ3) is 5.49. The molecule has 1 aliphatic carbocycles. The molecule has 1 saturated carbocycles. The van der Waals surface area contributed by atoms with Crippen molar-refractivity contribution in [2.75, 3.05) is 34.3 Å². The lowest BCUT2D eigenvalue weighted by atomic mass is 9.87. The van der Waals surface area contributed by atoms with E-state index < -0.39 is 0 Å². The van der Waals surface area contributed by atoms with E-state index in [4.69, 9.17) is 0 Å². The van der Waals surface area contributed by atoms with E-state index in [1.807, 2.05) is 23.9 Å². The van der Waals surface area contributed by atoms with Gasteiger partial charge >= 0.3 is 5.97 Å². The molecule has 1 aliphatic rings. The standard InChI is InChI=1S/C15H28N2O3/c1-12-5-7-13(8-6-12)17(3)14(18)11-16(2)10-9-15(19)20-4/h12-13H,5-11H2,1-4H3. The number of esters is 1. The summed E-state index contributed by atoms with van der Waals surface area (Å²) in [4.78, 5) is 27.1. The highest BCUT2D eigenvalue weighted by Crippen LogP contribution is 2.26. The maximum Gasteiger partial charge on any atom is 0.306 e. The van der Waals surface area contributed by atoms with Crippen molar-refractivity contribution in [1.82, 2.24) is 9.80 Å². The van der Waals surface area contributed by atoms with Crippen molar-refractivity contribution in [3.8, 4) is 0 Å². The minimum absolute atomic E-state index is 0.136.